The van der Waals surface area contributed by atoms with Crippen molar-refractivity contribution >= 4 is 18.0 Å². The van der Waals surface area contributed by atoms with Gasteiger partial charge in [0.1, 0.15) is 0 Å². The largest absolute Gasteiger partial charge is 0.478 e. The molecule has 0 saturated heterocycles. The molecule has 5 heteroatoms. The van der Waals surface area contributed by atoms with Crippen LogP contribution in [0.2, 0.25) is 0 Å². The third-order valence-corrected chi connectivity index (χ3v) is 3.16. The highest BCUT2D eigenvalue weighted by atomic mass is 16.4. The quantitative estimate of drug-likeness (QED) is 0.785. The Labute approximate surface area is 124 Å². The summed E-state index contributed by atoms with van der Waals surface area (Å²) in [6.45, 7) is 5.79. The van der Waals surface area contributed by atoms with Crippen molar-refractivity contribution in [3.05, 3.63) is 41.0 Å². The molecule has 0 aromatic heterocycles. The van der Waals surface area contributed by atoms with E-state index in [2.05, 4.69) is 0 Å². The van der Waals surface area contributed by atoms with Crippen LogP contribution in [0.25, 0.3) is 6.08 Å². The van der Waals surface area contributed by atoms with Crippen LogP contribution in [0, 0.1) is 6.92 Å². The van der Waals surface area contributed by atoms with Gasteiger partial charge in [-0.15, -0.1) is 0 Å². The lowest BCUT2D eigenvalue weighted by atomic mass is 10.0. The summed E-state index contributed by atoms with van der Waals surface area (Å²) in [6, 6.07) is 5.14. The topological polar surface area (TPSA) is 77.8 Å². The van der Waals surface area contributed by atoms with Crippen molar-refractivity contribution in [3.63, 3.8) is 0 Å². The lowest BCUT2D eigenvalue weighted by Crippen LogP contribution is -2.39. The zero-order valence-corrected chi connectivity index (χ0v) is 12.5. The Morgan fingerprint density at radius 3 is 2.52 bits per heavy atom. The summed E-state index contributed by atoms with van der Waals surface area (Å²) >= 11 is 0. The van der Waals surface area contributed by atoms with Crippen molar-refractivity contribution in [1.82, 2.24) is 4.90 Å². The van der Waals surface area contributed by atoms with Crippen LogP contribution in [-0.2, 0) is 4.79 Å². The molecular weight excluding hydrogens is 270 g/mol. The summed E-state index contributed by atoms with van der Waals surface area (Å²) in [6.07, 6.45) is 2.52. The summed E-state index contributed by atoms with van der Waals surface area (Å²) < 4.78 is 0. The van der Waals surface area contributed by atoms with Gasteiger partial charge in [-0.1, -0.05) is 6.07 Å². The number of aliphatic hydroxyl groups is 1. The molecule has 0 aliphatic carbocycles. The lowest BCUT2D eigenvalue weighted by Gasteiger charge is -2.26. The second kappa shape index (κ2) is 7.59. The molecule has 0 spiro atoms. The minimum absolute atomic E-state index is 0.0241. The molecule has 114 valence electrons. The molecule has 0 radical (unpaired) electrons. The molecule has 0 fully saturated rings. The average molecular weight is 291 g/mol. The van der Waals surface area contributed by atoms with E-state index in [0.29, 0.717) is 11.1 Å². The van der Waals surface area contributed by atoms with Crippen molar-refractivity contribution in [2.45, 2.75) is 26.8 Å². The average Bonchev–Trinajstić information content (AvgIpc) is 2.42. The number of carboxylic acids is 1. The Kier molecular flexibility index (Phi) is 6.11. The molecule has 1 rings (SSSR count). The van der Waals surface area contributed by atoms with E-state index in [-0.39, 0.29) is 25.1 Å². The maximum Gasteiger partial charge on any atom is 0.328 e. The smallest absolute Gasteiger partial charge is 0.328 e. The fourth-order valence-corrected chi connectivity index (χ4v) is 1.98. The van der Waals surface area contributed by atoms with Gasteiger partial charge in [0.05, 0.1) is 6.61 Å². The van der Waals surface area contributed by atoms with Crippen LogP contribution in [0.15, 0.2) is 24.3 Å². The predicted octanol–water partition coefficient (Wildman–Crippen LogP) is 1.94. The van der Waals surface area contributed by atoms with Crippen LogP contribution < -0.4 is 0 Å². The minimum atomic E-state index is -1.03. The highest BCUT2D eigenvalue weighted by molar-refractivity contribution is 5.95. The van der Waals surface area contributed by atoms with Crippen LogP contribution in [-0.4, -0.2) is 46.2 Å². The van der Waals surface area contributed by atoms with Crippen molar-refractivity contribution in [2.75, 3.05) is 13.2 Å². The predicted molar refractivity (Wildman–Crippen MR) is 81.1 cm³/mol. The summed E-state index contributed by atoms with van der Waals surface area (Å²) in [7, 11) is 0. The Hall–Kier alpha value is -2.14. The number of carbonyl (C=O) groups is 2. The molecule has 0 unspecified atom stereocenters. The van der Waals surface area contributed by atoms with Gasteiger partial charge in [0.2, 0.25) is 0 Å². The standard InChI is InChI=1S/C16H21NO4/c1-11(2)17(8-9-18)16(21)14-5-4-12(3)13(10-14)6-7-15(19)20/h4-7,10-11,18H,8-9H2,1-3H3,(H,19,20)/b7-6+. The van der Waals surface area contributed by atoms with Gasteiger partial charge in [0.25, 0.3) is 5.91 Å². The van der Waals surface area contributed by atoms with Crippen LogP contribution in [0.1, 0.15) is 35.3 Å². The number of hydrogen-bond acceptors (Lipinski definition) is 3. The third kappa shape index (κ3) is 4.72. The van der Waals surface area contributed by atoms with Crippen LogP contribution in [0.3, 0.4) is 0 Å². The van der Waals surface area contributed by atoms with E-state index in [4.69, 9.17) is 10.2 Å². The summed E-state index contributed by atoms with van der Waals surface area (Å²) in [5.74, 6) is -1.21. The highest BCUT2D eigenvalue weighted by Crippen LogP contribution is 2.16. The van der Waals surface area contributed by atoms with Gasteiger partial charge in [-0.25, -0.2) is 4.79 Å². The molecule has 0 aliphatic rings. The van der Waals surface area contributed by atoms with E-state index in [1.165, 1.54) is 6.08 Å². The fraction of sp³-hybridized carbons (Fsp3) is 0.375. The number of rotatable bonds is 6. The third-order valence-electron chi connectivity index (χ3n) is 3.16. The zero-order valence-electron chi connectivity index (χ0n) is 12.5. The van der Waals surface area contributed by atoms with E-state index in [0.717, 1.165) is 11.6 Å². The first-order valence-corrected chi connectivity index (χ1v) is 6.80. The number of benzene rings is 1. The maximum atomic E-state index is 12.5. The van der Waals surface area contributed by atoms with Crippen LogP contribution in [0.4, 0.5) is 0 Å². The van der Waals surface area contributed by atoms with Crippen molar-refractivity contribution in [3.8, 4) is 0 Å². The molecule has 0 aliphatic heterocycles. The number of aliphatic hydroxyl groups excluding tert-OH is 1. The second-order valence-electron chi connectivity index (χ2n) is 5.06. The Morgan fingerprint density at radius 2 is 2.00 bits per heavy atom. The van der Waals surface area contributed by atoms with Crippen LogP contribution >= 0.6 is 0 Å². The van der Waals surface area contributed by atoms with Gasteiger partial charge in [-0.3, -0.25) is 4.79 Å². The number of hydrogen-bond donors (Lipinski definition) is 2. The van der Waals surface area contributed by atoms with Crippen molar-refractivity contribution in [1.29, 1.82) is 0 Å². The minimum Gasteiger partial charge on any atom is -0.478 e. The monoisotopic (exact) mass is 291 g/mol. The molecule has 1 aromatic rings. The van der Waals surface area contributed by atoms with Crippen molar-refractivity contribution < 1.29 is 19.8 Å². The molecule has 0 atom stereocenters. The first-order valence-electron chi connectivity index (χ1n) is 6.80. The Bertz CT molecular complexity index is 549. The van der Waals surface area contributed by atoms with E-state index < -0.39 is 5.97 Å². The summed E-state index contributed by atoms with van der Waals surface area (Å²) in [4.78, 5) is 24.6. The molecule has 2 N–H and O–H groups in total. The molecule has 21 heavy (non-hydrogen) atoms. The number of amides is 1. The van der Waals surface area contributed by atoms with Gasteiger partial charge < -0.3 is 15.1 Å². The Morgan fingerprint density at radius 1 is 1.33 bits per heavy atom. The van der Waals surface area contributed by atoms with E-state index in [1.807, 2.05) is 20.8 Å². The second-order valence-corrected chi connectivity index (χ2v) is 5.06. The first-order chi connectivity index (χ1) is 9.86. The molecule has 0 heterocycles. The molecule has 5 nitrogen and oxygen atoms in total. The molecule has 0 saturated carbocycles. The van der Waals surface area contributed by atoms with E-state index >= 15 is 0 Å². The first kappa shape index (κ1) is 16.9. The normalized spacial score (nSPS) is 11.1. The molecule has 0 bridgehead atoms. The number of aryl methyl sites for hydroxylation is 1. The van der Waals surface area contributed by atoms with Gasteiger partial charge in [0, 0.05) is 24.2 Å². The van der Waals surface area contributed by atoms with Gasteiger partial charge in [-0.2, -0.15) is 0 Å². The SMILES string of the molecule is Cc1ccc(C(=O)N(CCO)C(C)C)cc1/C=C/C(=O)O. The summed E-state index contributed by atoms with van der Waals surface area (Å²) in [5, 5.41) is 17.7. The fourth-order valence-electron chi connectivity index (χ4n) is 1.98. The number of aliphatic carboxylic acids is 1. The zero-order chi connectivity index (χ0) is 16.0. The van der Waals surface area contributed by atoms with Gasteiger partial charge in [-0.05, 0) is 50.1 Å². The van der Waals surface area contributed by atoms with Crippen molar-refractivity contribution in [2.24, 2.45) is 0 Å². The van der Waals surface area contributed by atoms with E-state index in [9.17, 15) is 9.59 Å². The van der Waals surface area contributed by atoms with Gasteiger partial charge in [0.15, 0.2) is 0 Å². The molecule has 1 amide bonds. The molecule has 1 aromatic carbocycles. The van der Waals surface area contributed by atoms with Gasteiger partial charge >= 0.3 is 5.97 Å². The summed E-state index contributed by atoms with van der Waals surface area (Å²) in [5.41, 5.74) is 2.06. The number of carboxylic acid groups (broad SMARTS) is 1. The highest BCUT2D eigenvalue weighted by Gasteiger charge is 2.18. The number of nitrogens with zero attached hydrogens (tertiary/aromatic N) is 1. The van der Waals surface area contributed by atoms with E-state index in [1.54, 1.807) is 23.1 Å². The maximum absolute atomic E-state index is 12.5. The lowest BCUT2D eigenvalue weighted by molar-refractivity contribution is -0.131. The van der Waals surface area contributed by atoms with Crippen LogP contribution in [0.5, 0.6) is 0 Å². The number of carbonyl (C=O) groups excluding carboxylic acids is 1. The molecular formula is C16H21NO4. The Balaban J connectivity index is 3.10.